The van der Waals surface area contributed by atoms with Crippen molar-refractivity contribution >= 4 is 29.1 Å². The number of nitrogens with zero attached hydrogens (tertiary/aromatic N) is 3. The summed E-state index contributed by atoms with van der Waals surface area (Å²) in [6.45, 7) is 3.25. The van der Waals surface area contributed by atoms with E-state index in [0.717, 1.165) is 6.54 Å². The lowest BCUT2D eigenvalue weighted by Gasteiger charge is -2.11. The second-order valence-corrected chi connectivity index (χ2v) is 5.94. The van der Waals surface area contributed by atoms with Crippen LogP contribution in [0.2, 0.25) is 5.02 Å². The van der Waals surface area contributed by atoms with E-state index >= 15 is 0 Å². The first kappa shape index (κ1) is 18.1. The zero-order valence-corrected chi connectivity index (χ0v) is 14.5. The van der Waals surface area contributed by atoms with Gasteiger partial charge in [-0.05, 0) is 45.3 Å². The molecule has 1 amide bonds. The monoisotopic (exact) mass is 351 g/mol. The minimum atomic E-state index is -0.542. The van der Waals surface area contributed by atoms with Gasteiger partial charge in [0.05, 0.1) is 5.02 Å². The topological polar surface area (TPSA) is 70.2 Å². The number of benzene rings is 1. The van der Waals surface area contributed by atoms with Crippen molar-refractivity contribution in [3.05, 3.63) is 46.5 Å². The van der Waals surface area contributed by atoms with Crippen molar-refractivity contribution in [2.45, 2.75) is 6.92 Å². The molecule has 128 valence electrons. The lowest BCUT2D eigenvalue weighted by atomic mass is 10.2. The fourth-order valence-electron chi connectivity index (χ4n) is 1.92. The van der Waals surface area contributed by atoms with Crippen molar-refractivity contribution < 1.29 is 9.18 Å². The molecule has 0 aliphatic carbocycles. The van der Waals surface area contributed by atoms with Crippen molar-refractivity contribution in [2.24, 2.45) is 0 Å². The van der Waals surface area contributed by atoms with E-state index in [1.54, 1.807) is 13.0 Å². The lowest BCUT2D eigenvalue weighted by molar-refractivity contribution is 0.102. The van der Waals surface area contributed by atoms with Crippen LogP contribution in [-0.2, 0) is 0 Å². The van der Waals surface area contributed by atoms with Gasteiger partial charge in [-0.2, -0.15) is 0 Å². The summed E-state index contributed by atoms with van der Waals surface area (Å²) in [4.78, 5) is 22.8. The highest BCUT2D eigenvalue weighted by atomic mass is 35.5. The van der Waals surface area contributed by atoms with Gasteiger partial charge in [-0.1, -0.05) is 11.6 Å². The largest absolute Gasteiger partial charge is 0.353 e. The van der Waals surface area contributed by atoms with E-state index in [9.17, 15) is 9.18 Å². The maximum Gasteiger partial charge on any atom is 0.274 e. The average Bonchev–Trinajstić information content (AvgIpc) is 2.50. The molecule has 0 saturated carbocycles. The van der Waals surface area contributed by atoms with Crippen molar-refractivity contribution in [1.82, 2.24) is 14.9 Å². The maximum atomic E-state index is 13.2. The summed E-state index contributed by atoms with van der Waals surface area (Å²) in [6.07, 6.45) is 0. The molecule has 8 heteroatoms. The van der Waals surface area contributed by atoms with Crippen LogP contribution in [0, 0.1) is 12.7 Å². The quantitative estimate of drug-likeness (QED) is 0.837. The van der Waals surface area contributed by atoms with E-state index in [-0.39, 0.29) is 10.7 Å². The Morgan fingerprint density at radius 1 is 1.29 bits per heavy atom. The van der Waals surface area contributed by atoms with Crippen LogP contribution in [0.3, 0.4) is 0 Å². The zero-order chi connectivity index (χ0) is 17.7. The van der Waals surface area contributed by atoms with Gasteiger partial charge in [-0.3, -0.25) is 4.79 Å². The summed E-state index contributed by atoms with van der Waals surface area (Å²) in [5, 5.41) is 5.66. The molecule has 0 aliphatic heterocycles. The van der Waals surface area contributed by atoms with Crippen LogP contribution in [0.5, 0.6) is 0 Å². The van der Waals surface area contributed by atoms with Gasteiger partial charge >= 0.3 is 0 Å². The fraction of sp³-hybridized carbons (Fsp3) is 0.312. The van der Waals surface area contributed by atoms with E-state index in [4.69, 9.17) is 11.6 Å². The molecule has 0 spiro atoms. The summed E-state index contributed by atoms with van der Waals surface area (Å²) in [5.74, 6) is -0.571. The van der Waals surface area contributed by atoms with E-state index < -0.39 is 11.7 Å². The van der Waals surface area contributed by atoms with Gasteiger partial charge in [0, 0.05) is 24.5 Å². The number of rotatable bonds is 6. The summed E-state index contributed by atoms with van der Waals surface area (Å²) >= 11 is 5.71. The molecule has 0 saturated heterocycles. The second-order valence-electron chi connectivity index (χ2n) is 5.53. The van der Waals surface area contributed by atoms with Crippen LogP contribution < -0.4 is 10.6 Å². The molecule has 0 fully saturated rings. The third-order valence-electron chi connectivity index (χ3n) is 3.11. The fourth-order valence-corrected chi connectivity index (χ4v) is 2.10. The highest BCUT2D eigenvalue weighted by Crippen LogP contribution is 2.20. The number of hydrogen-bond donors (Lipinski definition) is 2. The van der Waals surface area contributed by atoms with Crippen LogP contribution in [0.4, 0.5) is 16.0 Å². The molecule has 1 aromatic heterocycles. The Bertz CT molecular complexity index is 738. The number of aromatic nitrogens is 2. The van der Waals surface area contributed by atoms with Gasteiger partial charge in [-0.15, -0.1) is 0 Å². The molecule has 0 unspecified atom stereocenters. The van der Waals surface area contributed by atoms with Gasteiger partial charge < -0.3 is 15.5 Å². The Kier molecular flexibility index (Phi) is 6.05. The van der Waals surface area contributed by atoms with E-state index in [1.165, 1.54) is 18.2 Å². The Morgan fingerprint density at radius 3 is 2.71 bits per heavy atom. The third-order valence-corrected chi connectivity index (χ3v) is 3.40. The standard InChI is InChI=1S/C16H19ClFN5O/c1-10-8-14(22-16(20-10)19-6-7-23(2)3)15(24)21-11-4-5-13(18)12(17)9-11/h4-5,8-9H,6-7H2,1-3H3,(H,21,24)(H,19,20,22). The van der Waals surface area contributed by atoms with Gasteiger partial charge in [0.1, 0.15) is 11.5 Å². The van der Waals surface area contributed by atoms with Crippen LogP contribution >= 0.6 is 11.6 Å². The average molecular weight is 352 g/mol. The number of amides is 1. The number of halogens is 2. The van der Waals surface area contributed by atoms with Crippen LogP contribution in [0.25, 0.3) is 0 Å². The molecule has 6 nitrogen and oxygen atoms in total. The van der Waals surface area contributed by atoms with E-state index in [2.05, 4.69) is 20.6 Å². The third kappa shape index (κ3) is 5.14. The highest BCUT2D eigenvalue weighted by Gasteiger charge is 2.12. The van der Waals surface area contributed by atoms with E-state index in [1.807, 2.05) is 19.0 Å². The lowest BCUT2D eigenvalue weighted by Crippen LogP contribution is -2.22. The SMILES string of the molecule is Cc1cc(C(=O)Nc2ccc(F)c(Cl)c2)nc(NCCN(C)C)n1. The predicted molar refractivity (Wildman–Crippen MR) is 93.2 cm³/mol. The number of carbonyl (C=O) groups excluding carboxylic acids is 1. The van der Waals surface area contributed by atoms with Crippen LogP contribution in [-0.4, -0.2) is 48.0 Å². The Hall–Kier alpha value is -2.25. The number of hydrogen-bond acceptors (Lipinski definition) is 5. The summed E-state index contributed by atoms with van der Waals surface area (Å²) < 4.78 is 13.2. The first-order chi connectivity index (χ1) is 11.3. The van der Waals surface area contributed by atoms with Crippen molar-refractivity contribution in [3.8, 4) is 0 Å². The molecule has 1 heterocycles. The normalized spacial score (nSPS) is 10.8. The summed E-state index contributed by atoms with van der Waals surface area (Å²) in [6, 6.07) is 5.55. The van der Waals surface area contributed by atoms with Gasteiger partial charge in [-0.25, -0.2) is 14.4 Å². The number of aryl methyl sites for hydroxylation is 1. The molecular weight excluding hydrogens is 333 g/mol. The maximum absolute atomic E-state index is 13.2. The zero-order valence-electron chi connectivity index (χ0n) is 13.7. The molecule has 24 heavy (non-hydrogen) atoms. The van der Waals surface area contributed by atoms with Crippen LogP contribution in [0.1, 0.15) is 16.2 Å². The predicted octanol–water partition coefficient (Wildman–Crippen LogP) is 2.80. The number of likely N-dealkylation sites (N-methyl/N-ethyl adjacent to an activating group) is 1. The van der Waals surface area contributed by atoms with Gasteiger partial charge in [0.15, 0.2) is 0 Å². The summed E-state index contributed by atoms with van der Waals surface area (Å²) in [7, 11) is 3.93. The first-order valence-electron chi connectivity index (χ1n) is 7.36. The smallest absolute Gasteiger partial charge is 0.274 e. The molecule has 2 aromatic rings. The Balaban J connectivity index is 2.10. The molecule has 0 bridgehead atoms. The van der Waals surface area contributed by atoms with E-state index in [0.29, 0.717) is 23.9 Å². The van der Waals surface area contributed by atoms with Crippen molar-refractivity contribution in [3.63, 3.8) is 0 Å². The number of anilines is 2. The first-order valence-corrected chi connectivity index (χ1v) is 7.73. The molecule has 0 aliphatic rings. The molecule has 1 aromatic carbocycles. The van der Waals surface area contributed by atoms with Gasteiger partial charge in [0.2, 0.25) is 5.95 Å². The Morgan fingerprint density at radius 2 is 2.04 bits per heavy atom. The second kappa shape index (κ2) is 8.03. The molecule has 2 rings (SSSR count). The van der Waals surface area contributed by atoms with Crippen LogP contribution in [0.15, 0.2) is 24.3 Å². The number of nitrogens with one attached hydrogen (secondary N) is 2. The number of carbonyl (C=O) groups is 1. The molecular formula is C16H19ClFN5O. The molecule has 2 N–H and O–H groups in total. The van der Waals surface area contributed by atoms with Gasteiger partial charge in [0.25, 0.3) is 5.91 Å². The highest BCUT2D eigenvalue weighted by molar-refractivity contribution is 6.31. The van der Waals surface area contributed by atoms with Crippen molar-refractivity contribution in [1.29, 1.82) is 0 Å². The van der Waals surface area contributed by atoms with Crippen molar-refractivity contribution in [2.75, 3.05) is 37.8 Å². The minimum Gasteiger partial charge on any atom is -0.353 e. The minimum absolute atomic E-state index is 0.0577. The molecule has 0 radical (unpaired) electrons. The summed E-state index contributed by atoms with van der Waals surface area (Å²) in [5.41, 5.74) is 1.28. The Labute approximate surface area is 145 Å². The molecule has 0 atom stereocenters.